The number of rotatable bonds is 0. The van der Waals surface area contributed by atoms with E-state index in [2.05, 4.69) is 10.9 Å². The minimum atomic E-state index is 1.21. The van der Waals surface area contributed by atoms with Gasteiger partial charge in [0.25, 0.3) is 0 Å². The molecule has 0 aromatic rings. The summed E-state index contributed by atoms with van der Waals surface area (Å²) in [4.78, 5) is 3.78. The SMILES string of the molecule is CC1=CC=C=NC=C1. The topological polar surface area (TPSA) is 12.4 Å². The van der Waals surface area contributed by atoms with Crippen LogP contribution in [-0.2, 0) is 0 Å². The molecule has 0 aromatic heterocycles. The maximum Gasteiger partial charge on any atom is 0.0370 e. The molecule has 0 amide bonds. The maximum absolute atomic E-state index is 3.78. The minimum absolute atomic E-state index is 1.21. The monoisotopic (exact) mass is 105 g/mol. The molecule has 0 aromatic carbocycles. The summed E-state index contributed by atoms with van der Waals surface area (Å²) in [5.41, 5.74) is 1.21. The number of aliphatic imine (C=N–C) groups is 1. The van der Waals surface area contributed by atoms with Crippen LogP contribution in [0.4, 0.5) is 0 Å². The van der Waals surface area contributed by atoms with Crippen LogP contribution in [0, 0.1) is 0 Å². The molecule has 1 rings (SSSR count). The van der Waals surface area contributed by atoms with Crippen molar-refractivity contribution in [1.29, 1.82) is 0 Å². The van der Waals surface area contributed by atoms with Crippen LogP contribution in [0.5, 0.6) is 0 Å². The molecule has 0 spiro atoms. The number of hydrogen-bond acceptors (Lipinski definition) is 1. The van der Waals surface area contributed by atoms with Gasteiger partial charge in [0.05, 0.1) is 0 Å². The number of nitrogens with zero attached hydrogens (tertiary/aromatic N) is 1. The second kappa shape index (κ2) is 2.29. The molecule has 1 nitrogen and oxygen atoms in total. The van der Waals surface area contributed by atoms with Gasteiger partial charge >= 0.3 is 0 Å². The Kier molecular flexibility index (Phi) is 1.45. The molecule has 0 fully saturated rings. The van der Waals surface area contributed by atoms with Gasteiger partial charge < -0.3 is 0 Å². The van der Waals surface area contributed by atoms with Crippen molar-refractivity contribution in [3.8, 4) is 0 Å². The van der Waals surface area contributed by atoms with E-state index in [1.165, 1.54) is 5.57 Å². The zero-order valence-corrected chi connectivity index (χ0v) is 4.76. The van der Waals surface area contributed by atoms with Gasteiger partial charge in [-0.1, -0.05) is 0 Å². The second-order valence-corrected chi connectivity index (χ2v) is 1.65. The van der Waals surface area contributed by atoms with E-state index in [4.69, 9.17) is 0 Å². The first kappa shape index (κ1) is 5.07. The van der Waals surface area contributed by atoms with Gasteiger partial charge in [-0.05, 0) is 36.6 Å². The molecule has 1 aliphatic rings. The molecular weight excluding hydrogens is 98.1 g/mol. The molecular formula is C7H7N. The van der Waals surface area contributed by atoms with E-state index >= 15 is 0 Å². The van der Waals surface area contributed by atoms with E-state index in [9.17, 15) is 0 Å². The van der Waals surface area contributed by atoms with Crippen molar-refractivity contribution in [2.24, 2.45) is 4.99 Å². The Morgan fingerprint density at radius 3 is 3.38 bits per heavy atom. The van der Waals surface area contributed by atoms with E-state index in [1.807, 2.05) is 19.1 Å². The zero-order chi connectivity index (χ0) is 5.82. The molecule has 8 heavy (non-hydrogen) atoms. The van der Waals surface area contributed by atoms with Crippen LogP contribution in [0.2, 0.25) is 0 Å². The smallest absolute Gasteiger partial charge is 0.0370 e. The quantitative estimate of drug-likeness (QED) is 0.444. The molecule has 0 saturated heterocycles. The highest BCUT2D eigenvalue weighted by molar-refractivity contribution is 5.57. The molecule has 0 unspecified atom stereocenters. The van der Waals surface area contributed by atoms with Crippen molar-refractivity contribution in [2.75, 3.05) is 0 Å². The Balaban J connectivity index is 2.90. The molecule has 1 heterocycles. The standard InChI is InChI=1S/C7H7N/c1-7-3-2-5-8-6-4-7/h2-4,6H,1H3. The summed E-state index contributed by atoms with van der Waals surface area (Å²) >= 11 is 0. The van der Waals surface area contributed by atoms with Gasteiger partial charge in [-0.3, -0.25) is 0 Å². The summed E-state index contributed by atoms with van der Waals surface area (Å²) in [5, 5.41) is 0. The average molecular weight is 105 g/mol. The third-order valence-electron chi connectivity index (χ3n) is 0.907. The summed E-state index contributed by atoms with van der Waals surface area (Å²) in [6, 6.07) is 0. The summed E-state index contributed by atoms with van der Waals surface area (Å²) < 4.78 is 0. The van der Waals surface area contributed by atoms with Crippen molar-refractivity contribution in [3.63, 3.8) is 0 Å². The normalized spacial score (nSPS) is 15.9. The fraction of sp³-hybridized carbons (Fsp3) is 0.143. The van der Waals surface area contributed by atoms with E-state index in [-0.39, 0.29) is 0 Å². The van der Waals surface area contributed by atoms with Gasteiger partial charge in [0.2, 0.25) is 0 Å². The van der Waals surface area contributed by atoms with Crippen LogP contribution in [0.1, 0.15) is 6.92 Å². The van der Waals surface area contributed by atoms with Gasteiger partial charge in [-0.25, -0.2) is 4.99 Å². The van der Waals surface area contributed by atoms with Crippen LogP contribution in [-0.4, -0.2) is 5.87 Å². The van der Waals surface area contributed by atoms with Crippen LogP contribution < -0.4 is 0 Å². The fourth-order valence-electron chi connectivity index (χ4n) is 0.465. The molecule has 0 aliphatic carbocycles. The van der Waals surface area contributed by atoms with E-state index in [0.717, 1.165) is 0 Å². The summed E-state index contributed by atoms with van der Waals surface area (Å²) in [6.07, 6.45) is 7.44. The van der Waals surface area contributed by atoms with Crippen molar-refractivity contribution >= 4 is 5.87 Å². The lowest BCUT2D eigenvalue weighted by atomic mass is 10.3. The van der Waals surface area contributed by atoms with Crippen LogP contribution in [0.3, 0.4) is 0 Å². The molecule has 40 valence electrons. The first-order valence-electron chi connectivity index (χ1n) is 2.51. The Morgan fingerprint density at radius 2 is 2.50 bits per heavy atom. The van der Waals surface area contributed by atoms with Crippen LogP contribution in [0.25, 0.3) is 0 Å². The largest absolute Gasteiger partial charge is 0.214 e. The molecule has 0 radical (unpaired) electrons. The van der Waals surface area contributed by atoms with Gasteiger partial charge in [0.1, 0.15) is 0 Å². The first-order chi connectivity index (χ1) is 3.89. The fourth-order valence-corrected chi connectivity index (χ4v) is 0.465. The summed E-state index contributed by atoms with van der Waals surface area (Å²) in [6.45, 7) is 2.02. The zero-order valence-electron chi connectivity index (χ0n) is 4.76. The predicted molar refractivity (Wildman–Crippen MR) is 34.9 cm³/mol. The average Bonchev–Trinajstić information content (AvgIpc) is 1.94. The van der Waals surface area contributed by atoms with Gasteiger partial charge in [-0.2, -0.15) is 0 Å². The molecule has 0 atom stereocenters. The Bertz CT molecular complexity index is 190. The van der Waals surface area contributed by atoms with Gasteiger partial charge in [0.15, 0.2) is 0 Å². The molecule has 0 saturated carbocycles. The Morgan fingerprint density at radius 1 is 1.62 bits per heavy atom. The van der Waals surface area contributed by atoms with E-state index < -0.39 is 0 Å². The molecule has 0 bridgehead atoms. The van der Waals surface area contributed by atoms with E-state index in [0.29, 0.717) is 0 Å². The Labute approximate surface area is 48.7 Å². The Hall–Kier alpha value is -1.07. The van der Waals surface area contributed by atoms with Crippen molar-refractivity contribution < 1.29 is 0 Å². The van der Waals surface area contributed by atoms with Crippen molar-refractivity contribution in [2.45, 2.75) is 6.92 Å². The summed E-state index contributed by atoms with van der Waals surface area (Å²) in [7, 11) is 0. The number of hydrogen-bond donors (Lipinski definition) is 0. The maximum atomic E-state index is 3.78. The first-order valence-corrected chi connectivity index (χ1v) is 2.51. The lowest BCUT2D eigenvalue weighted by Crippen LogP contribution is -1.60. The lowest BCUT2D eigenvalue weighted by molar-refractivity contribution is 1.50. The third-order valence-corrected chi connectivity index (χ3v) is 0.907. The third kappa shape index (κ3) is 1.21. The van der Waals surface area contributed by atoms with Crippen molar-refractivity contribution in [1.82, 2.24) is 0 Å². The van der Waals surface area contributed by atoms with Crippen LogP contribution >= 0.6 is 0 Å². The van der Waals surface area contributed by atoms with Gasteiger partial charge in [-0.15, -0.1) is 0 Å². The predicted octanol–water partition coefficient (Wildman–Crippen LogP) is 1.69. The number of allylic oxidation sites excluding steroid dienone is 4. The van der Waals surface area contributed by atoms with E-state index in [1.54, 1.807) is 12.3 Å². The van der Waals surface area contributed by atoms with Crippen LogP contribution in [0.15, 0.2) is 35.0 Å². The molecule has 1 heteroatoms. The second-order valence-electron chi connectivity index (χ2n) is 1.65. The highest BCUT2D eigenvalue weighted by Gasteiger charge is 1.77. The van der Waals surface area contributed by atoms with Crippen molar-refractivity contribution in [3.05, 3.63) is 30.0 Å². The minimum Gasteiger partial charge on any atom is -0.214 e. The lowest BCUT2D eigenvalue weighted by Gasteiger charge is -1.79. The van der Waals surface area contributed by atoms with Gasteiger partial charge in [0, 0.05) is 6.20 Å². The highest BCUT2D eigenvalue weighted by atomic mass is 14.6. The molecule has 0 N–H and O–H groups in total. The summed E-state index contributed by atoms with van der Waals surface area (Å²) in [5.74, 6) is 2.71. The molecule has 1 aliphatic heterocycles. The highest BCUT2D eigenvalue weighted by Crippen LogP contribution is 1.95.